The van der Waals surface area contributed by atoms with Crippen LogP contribution in [-0.4, -0.2) is 52.6 Å². The fraction of sp³-hybridized carbons (Fsp3) is 0.867. The molecule has 1 heterocycles. The van der Waals surface area contributed by atoms with Crippen molar-refractivity contribution >= 4 is 12.0 Å². The van der Waals surface area contributed by atoms with E-state index in [-0.39, 0.29) is 18.5 Å². The minimum atomic E-state index is -0.804. The lowest BCUT2D eigenvalue weighted by molar-refractivity contribution is -0.137. The quantitative estimate of drug-likeness (QED) is 0.844. The average Bonchev–Trinajstić information content (AvgIpc) is 2.36. The van der Waals surface area contributed by atoms with E-state index in [0.29, 0.717) is 24.8 Å². The van der Waals surface area contributed by atoms with Crippen LogP contribution in [0.15, 0.2) is 0 Å². The molecule has 0 radical (unpaired) electrons. The third-order valence-electron chi connectivity index (χ3n) is 4.26. The van der Waals surface area contributed by atoms with Crippen molar-refractivity contribution in [2.45, 2.75) is 53.0 Å². The van der Waals surface area contributed by atoms with Gasteiger partial charge in [0, 0.05) is 32.1 Å². The van der Waals surface area contributed by atoms with Crippen molar-refractivity contribution in [1.29, 1.82) is 0 Å². The number of hydrogen-bond acceptors (Lipinski definition) is 2. The van der Waals surface area contributed by atoms with Crippen LogP contribution >= 0.6 is 0 Å². The third kappa shape index (κ3) is 4.69. The minimum absolute atomic E-state index is 0.0594. The predicted molar refractivity (Wildman–Crippen MR) is 78.6 cm³/mol. The van der Waals surface area contributed by atoms with Crippen LogP contribution in [0.3, 0.4) is 0 Å². The highest BCUT2D eigenvalue weighted by Crippen LogP contribution is 2.23. The van der Waals surface area contributed by atoms with Crippen LogP contribution in [0.25, 0.3) is 0 Å². The van der Waals surface area contributed by atoms with Crippen LogP contribution < -0.4 is 0 Å². The molecule has 0 bridgehead atoms. The van der Waals surface area contributed by atoms with Crippen LogP contribution in [0.5, 0.6) is 0 Å². The molecule has 0 aromatic heterocycles. The minimum Gasteiger partial charge on any atom is -0.481 e. The van der Waals surface area contributed by atoms with E-state index in [2.05, 4.69) is 13.8 Å². The van der Waals surface area contributed by atoms with Crippen LogP contribution in [0.4, 0.5) is 4.79 Å². The van der Waals surface area contributed by atoms with Gasteiger partial charge in [-0.3, -0.25) is 4.79 Å². The van der Waals surface area contributed by atoms with Gasteiger partial charge in [0.05, 0.1) is 0 Å². The summed E-state index contributed by atoms with van der Waals surface area (Å²) >= 11 is 0. The Morgan fingerprint density at radius 1 is 1.30 bits per heavy atom. The van der Waals surface area contributed by atoms with E-state index in [1.807, 2.05) is 18.7 Å². The molecular weight excluding hydrogens is 256 g/mol. The Bertz CT molecular complexity index is 344. The highest BCUT2D eigenvalue weighted by atomic mass is 16.4. The van der Waals surface area contributed by atoms with Crippen LogP contribution in [-0.2, 0) is 4.79 Å². The van der Waals surface area contributed by atoms with Crippen molar-refractivity contribution in [2.24, 2.45) is 11.8 Å². The molecule has 1 N–H and O–H groups in total. The number of rotatable bonds is 5. The largest absolute Gasteiger partial charge is 0.481 e. The lowest BCUT2D eigenvalue weighted by atomic mass is 9.89. The number of piperidine rings is 1. The maximum atomic E-state index is 12.6. The van der Waals surface area contributed by atoms with Crippen LogP contribution in [0.2, 0.25) is 0 Å². The van der Waals surface area contributed by atoms with E-state index in [0.717, 1.165) is 19.5 Å². The maximum absolute atomic E-state index is 12.6. The number of amides is 2. The summed E-state index contributed by atoms with van der Waals surface area (Å²) in [5, 5.41) is 8.70. The molecule has 1 saturated heterocycles. The van der Waals surface area contributed by atoms with Gasteiger partial charge in [-0.15, -0.1) is 0 Å². The van der Waals surface area contributed by atoms with E-state index in [4.69, 9.17) is 5.11 Å². The van der Waals surface area contributed by atoms with Gasteiger partial charge < -0.3 is 14.9 Å². The lowest BCUT2D eigenvalue weighted by Gasteiger charge is -2.39. The van der Waals surface area contributed by atoms with Crippen LogP contribution in [0, 0.1) is 11.8 Å². The molecule has 1 rings (SSSR count). The van der Waals surface area contributed by atoms with Crippen molar-refractivity contribution in [2.75, 3.05) is 19.6 Å². The number of carbonyl (C=O) groups is 2. The van der Waals surface area contributed by atoms with E-state index in [1.165, 1.54) is 0 Å². The van der Waals surface area contributed by atoms with Crippen molar-refractivity contribution in [3.05, 3.63) is 0 Å². The first-order chi connectivity index (χ1) is 9.32. The van der Waals surface area contributed by atoms with Gasteiger partial charge in [-0.1, -0.05) is 13.8 Å². The number of aliphatic carboxylic acids is 1. The lowest BCUT2D eigenvalue weighted by Crippen LogP contribution is -2.51. The molecule has 1 aliphatic rings. The van der Waals surface area contributed by atoms with Gasteiger partial charge in [0.25, 0.3) is 0 Å². The number of hydrogen-bond donors (Lipinski definition) is 1. The zero-order valence-electron chi connectivity index (χ0n) is 13.1. The molecule has 20 heavy (non-hydrogen) atoms. The summed E-state index contributed by atoms with van der Waals surface area (Å²) in [5.74, 6) is 0.390. The Kier molecular flexibility index (Phi) is 6.30. The molecule has 5 heteroatoms. The Morgan fingerprint density at radius 3 is 2.45 bits per heavy atom. The highest BCUT2D eigenvalue weighted by molar-refractivity contribution is 5.75. The number of likely N-dealkylation sites (tertiary alicyclic amines) is 1. The molecule has 0 aromatic carbocycles. The number of nitrogens with zero attached hydrogens (tertiary/aromatic N) is 2. The highest BCUT2D eigenvalue weighted by Gasteiger charge is 2.29. The molecule has 0 spiro atoms. The van der Waals surface area contributed by atoms with Crippen molar-refractivity contribution < 1.29 is 14.7 Å². The van der Waals surface area contributed by atoms with Crippen molar-refractivity contribution in [3.8, 4) is 0 Å². The summed E-state index contributed by atoms with van der Waals surface area (Å²) < 4.78 is 0. The Morgan fingerprint density at radius 2 is 1.95 bits per heavy atom. The number of carboxylic acid groups (broad SMARTS) is 1. The van der Waals surface area contributed by atoms with Gasteiger partial charge in [-0.2, -0.15) is 0 Å². The second kappa shape index (κ2) is 7.50. The fourth-order valence-electron chi connectivity index (χ4n) is 2.59. The number of carbonyl (C=O) groups excluding carboxylic acids is 1. The van der Waals surface area contributed by atoms with Gasteiger partial charge in [0.15, 0.2) is 0 Å². The summed E-state index contributed by atoms with van der Waals surface area (Å²) in [6.07, 6.45) is 1.68. The van der Waals surface area contributed by atoms with E-state index in [9.17, 15) is 9.59 Å². The molecule has 0 aromatic rings. The van der Waals surface area contributed by atoms with Gasteiger partial charge in [0.1, 0.15) is 0 Å². The zero-order chi connectivity index (χ0) is 15.3. The standard InChI is InChI=1S/C15H28N2O3/c1-11(2)17(8-5-6-14(18)19)15(20)16-9-7-12(3)13(4)10-16/h11-13H,5-10H2,1-4H3,(H,18,19). The van der Waals surface area contributed by atoms with E-state index in [1.54, 1.807) is 4.90 Å². The fourth-order valence-corrected chi connectivity index (χ4v) is 2.59. The van der Waals surface area contributed by atoms with Crippen molar-refractivity contribution in [1.82, 2.24) is 9.80 Å². The molecule has 2 unspecified atom stereocenters. The Labute approximate surface area is 121 Å². The second-order valence-electron chi connectivity index (χ2n) is 6.26. The average molecular weight is 284 g/mol. The molecule has 0 saturated carbocycles. The smallest absolute Gasteiger partial charge is 0.320 e. The maximum Gasteiger partial charge on any atom is 0.320 e. The zero-order valence-corrected chi connectivity index (χ0v) is 13.1. The van der Waals surface area contributed by atoms with E-state index >= 15 is 0 Å². The summed E-state index contributed by atoms with van der Waals surface area (Å²) in [4.78, 5) is 26.9. The third-order valence-corrected chi connectivity index (χ3v) is 4.26. The predicted octanol–water partition coefficient (Wildman–Crippen LogP) is 2.66. The second-order valence-corrected chi connectivity index (χ2v) is 6.26. The molecule has 2 atom stereocenters. The summed E-state index contributed by atoms with van der Waals surface area (Å²) in [6, 6.07) is 0.162. The molecule has 0 aliphatic carbocycles. The van der Waals surface area contributed by atoms with E-state index < -0.39 is 5.97 Å². The van der Waals surface area contributed by atoms with Crippen LogP contribution in [0.1, 0.15) is 47.0 Å². The molecule has 116 valence electrons. The number of urea groups is 1. The first-order valence-corrected chi connectivity index (χ1v) is 7.60. The topological polar surface area (TPSA) is 60.9 Å². The summed E-state index contributed by atoms with van der Waals surface area (Å²) in [6.45, 7) is 10.5. The first-order valence-electron chi connectivity index (χ1n) is 7.60. The van der Waals surface area contributed by atoms with Gasteiger partial charge in [-0.25, -0.2) is 4.79 Å². The summed E-state index contributed by atoms with van der Waals surface area (Å²) in [7, 11) is 0. The first kappa shape index (κ1) is 16.8. The monoisotopic (exact) mass is 284 g/mol. The molecule has 1 fully saturated rings. The molecule has 5 nitrogen and oxygen atoms in total. The van der Waals surface area contributed by atoms with Gasteiger partial charge in [0.2, 0.25) is 0 Å². The SMILES string of the molecule is CC1CCN(C(=O)N(CCCC(=O)O)C(C)C)CC1C. The Hall–Kier alpha value is -1.26. The normalized spacial score (nSPS) is 22.9. The van der Waals surface area contributed by atoms with Gasteiger partial charge in [-0.05, 0) is 38.5 Å². The summed E-state index contributed by atoms with van der Waals surface area (Å²) in [5.41, 5.74) is 0. The number of carboxylic acids is 1. The molecule has 1 aliphatic heterocycles. The molecular formula is C15H28N2O3. The molecule has 2 amide bonds. The van der Waals surface area contributed by atoms with Gasteiger partial charge >= 0.3 is 12.0 Å². The van der Waals surface area contributed by atoms with Crippen molar-refractivity contribution in [3.63, 3.8) is 0 Å². The Balaban J connectivity index is 2.57.